The number of hydrogen-bond donors (Lipinski definition) is 1. The molecule has 0 saturated carbocycles. The molecule has 1 N–H and O–H groups in total. The van der Waals surface area contributed by atoms with E-state index in [9.17, 15) is 4.79 Å². The number of carbonyl (C=O) groups is 1. The number of ether oxygens (including phenoxy) is 1. The van der Waals surface area contributed by atoms with Crippen molar-refractivity contribution in [2.24, 2.45) is 4.99 Å². The van der Waals surface area contributed by atoms with E-state index >= 15 is 0 Å². The summed E-state index contributed by atoms with van der Waals surface area (Å²) >= 11 is 0. The van der Waals surface area contributed by atoms with Crippen LogP contribution in [0.1, 0.15) is 13.8 Å². The zero-order valence-electron chi connectivity index (χ0n) is 19.9. The average molecular weight is 463 g/mol. The van der Waals surface area contributed by atoms with Gasteiger partial charge in [0, 0.05) is 75.4 Å². The number of nitrogens with zero attached hydrogens (tertiary/aromatic N) is 6. The zero-order chi connectivity index (χ0) is 23.5. The minimum Gasteiger partial charge on any atom is -0.378 e. The quantitative estimate of drug-likeness (QED) is 0.709. The van der Waals surface area contributed by atoms with Gasteiger partial charge in [-0.2, -0.15) is 0 Å². The molecule has 0 radical (unpaired) electrons. The Labute approximate surface area is 200 Å². The molecule has 4 heterocycles. The Balaban J connectivity index is 1.24. The van der Waals surface area contributed by atoms with Gasteiger partial charge in [0.2, 0.25) is 11.8 Å². The summed E-state index contributed by atoms with van der Waals surface area (Å²) in [6, 6.07) is 8.37. The van der Waals surface area contributed by atoms with E-state index in [1.54, 1.807) is 0 Å². The maximum absolute atomic E-state index is 12.9. The second kappa shape index (κ2) is 9.90. The number of quaternary nitrogens is 1. The summed E-state index contributed by atoms with van der Waals surface area (Å²) in [5, 5.41) is 0. The van der Waals surface area contributed by atoms with Crippen LogP contribution >= 0.6 is 0 Å². The average Bonchev–Trinajstić information content (AvgIpc) is 3.21. The van der Waals surface area contributed by atoms with Crippen LogP contribution in [0.25, 0.3) is 11.1 Å². The first-order valence-electron chi connectivity index (χ1n) is 11.9. The van der Waals surface area contributed by atoms with Gasteiger partial charge in [0.25, 0.3) is 5.91 Å². The fourth-order valence-electron chi connectivity index (χ4n) is 4.76. The molecule has 2 fully saturated rings. The Hall–Kier alpha value is -3.30. The van der Waals surface area contributed by atoms with Crippen LogP contribution in [0.5, 0.6) is 0 Å². The fourth-order valence-corrected chi connectivity index (χ4v) is 4.76. The molecule has 1 aromatic heterocycles. The summed E-state index contributed by atoms with van der Waals surface area (Å²) in [6.07, 6.45) is 5.84. The number of anilines is 2. The lowest BCUT2D eigenvalue weighted by Gasteiger charge is -2.37. The summed E-state index contributed by atoms with van der Waals surface area (Å²) in [6.45, 7) is 10.5. The summed E-state index contributed by atoms with van der Waals surface area (Å²) < 4.78 is 5.43. The SMILES string of the molecule is CC1=C[NH+](CC(=O)N2CCN(c3ccccc3-c3cnc(N4CCOCC4)nc3)CC2)C(C)=N1. The number of amidine groups is 1. The molecule has 1 aromatic carbocycles. The van der Waals surface area contributed by atoms with Gasteiger partial charge < -0.3 is 19.4 Å². The van der Waals surface area contributed by atoms with E-state index in [1.807, 2.05) is 43.4 Å². The molecule has 5 rings (SSSR count). The number of aliphatic imine (C=N–C) groups is 1. The van der Waals surface area contributed by atoms with Gasteiger partial charge in [0.1, 0.15) is 6.20 Å². The van der Waals surface area contributed by atoms with Crippen LogP contribution in [0.2, 0.25) is 0 Å². The number of aromatic nitrogens is 2. The maximum atomic E-state index is 12.9. The van der Waals surface area contributed by atoms with Crippen LogP contribution in [0.15, 0.2) is 53.5 Å². The second-order valence-electron chi connectivity index (χ2n) is 8.94. The second-order valence-corrected chi connectivity index (χ2v) is 8.94. The van der Waals surface area contributed by atoms with Gasteiger partial charge in [-0.05, 0) is 13.0 Å². The molecule has 3 aliphatic heterocycles. The lowest BCUT2D eigenvalue weighted by molar-refractivity contribution is -0.735. The van der Waals surface area contributed by atoms with Crippen molar-refractivity contribution >= 4 is 23.4 Å². The van der Waals surface area contributed by atoms with Crippen LogP contribution < -0.4 is 14.7 Å². The Kier molecular flexibility index (Phi) is 6.55. The van der Waals surface area contributed by atoms with E-state index in [-0.39, 0.29) is 5.91 Å². The number of amides is 1. The third kappa shape index (κ3) is 4.80. The van der Waals surface area contributed by atoms with Crippen molar-refractivity contribution in [1.29, 1.82) is 0 Å². The Morgan fingerprint density at radius 2 is 1.68 bits per heavy atom. The first-order chi connectivity index (χ1) is 16.6. The topological polar surface area (TPSA) is 78.6 Å². The lowest BCUT2D eigenvalue weighted by Crippen LogP contribution is -3.10. The maximum Gasteiger partial charge on any atom is 0.278 e. The third-order valence-corrected chi connectivity index (χ3v) is 6.65. The van der Waals surface area contributed by atoms with Crippen molar-refractivity contribution in [3.63, 3.8) is 0 Å². The molecule has 1 amide bonds. The molecule has 1 atom stereocenters. The summed E-state index contributed by atoms with van der Waals surface area (Å²) in [4.78, 5) is 34.1. The number of allylic oxidation sites excluding steroid dienone is 1. The van der Waals surface area contributed by atoms with Crippen LogP contribution in [0.3, 0.4) is 0 Å². The predicted octanol–water partition coefficient (Wildman–Crippen LogP) is 0.807. The first-order valence-corrected chi connectivity index (χ1v) is 11.9. The van der Waals surface area contributed by atoms with Gasteiger partial charge in [-0.3, -0.25) is 9.69 Å². The van der Waals surface area contributed by atoms with Gasteiger partial charge >= 0.3 is 0 Å². The van der Waals surface area contributed by atoms with Gasteiger partial charge in [0.05, 0.1) is 18.9 Å². The highest BCUT2D eigenvalue weighted by molar-refractivity contribution is 5.82. The van der Waals surface area contributed by atoms with Gasteiger partial charge in [0.15, 0.2) is 6.54 Å². The van der Waals surface area contributed by atoms with Gasteiger partial charge in [-0.1, -0.05) is 18.2 Å². The predicted molar refractivity (Wildman–Crippen MR) is 132 cm³/mol. The van der Waals surface area contributed by atoms with Gasteiger partial charge in [-0.15, -0.1) is 0 Å². The molecule has 0 aliphatic carbocycles. The molecule has 34 heavy (non-hydrogen) atoms. The standard InChI is InChI=1S/C25H31N7O2/c1-19-17-32(20(2)28-19)18-24(33)30-9-7-29(8-10-30)23-6-4-3-5-22(23)21-15-26-25(27-16-21)31-11-13-34-14-12-31/h3-6,15-17H,7-14,18H2,1-2H3/p+1. The van der Waals surface area contributed by atoms with E-state index in [0.717, 1.165) is 65.4 Å². The molecule has 2 aromatic rings. The molecule has 178 valence electrons. The number of morpholine rings is 1. The molecule has 2 saturated heterocycles. The van der Waals surface area contributed by atoms with Crippen LogP contribution in [0.4, 0.5) is 11.6 Å². The third-order valence-electron chi connectivity index (χ3n) is 6.65. The Morgan fingerprint density at radius 1 is 0.971 bits per heavy atom. The number of piperazine rings is 1. The molecule has 1 unspecified atom stereocenters. The normalized spacial score (nSPS) is 20.9. The minimum atomic E-state index is 0.176. The number of nitrogens with one attached hydrogen (secondary N) is 1. The smallest absolute Gasteiger partial charge is 0.278 e. The highest BCUT2D eigenvalue weighted by Gasteiger charge is 2.28. The molecule has 9 heteroatoms. The van der Waals surface area contributed by atoms with Crippen molar-refractivity contribution < 1.29 is 14.4 Å². The Bertz CT molecular complexity index is 1080. The van der Waals surface area contributed by atoms with Crippen LogP contribution in [-0.4, -0.2) is 85.6 Å². The number of carbonyl (C=O) groups excluding carboxylic acids is 1. The number of hydrogen-bond acceptors (Lipinski definition) is 7. The molecular formula is C25H32N7O2+. The van der Waals surface area contributed by atoms with E-state index in [2.05, 4.69) is 43.0 Å². The summed E-state index contributed by atoms with van der Waals surface area (Å²) in [5.74, 6) is 1.89. The largest absolute Gasteiger partial charge is 0.378 e. The zero-order valence-corrected chi connectivity index (χ0v) is 19.9. The van der Waals surface area contributed by atoms with E-state index < -0.39 is 0 Å². The van der Waals surface area contributed by atoms with Crippen molar-refractivity contribution in [2.45, 2.75) is 13.8 Å². The molecule has 3 aliphatic rings. The van der Waals surface area contributed by atoms with E-state index in [1.165, 1.54) is 0 Å². The molecule has 0 bridgehead atoms. The Morgan fingerprint density at radius 3 is 2.35 bits per heavy atom. The van der Waals surface area contributed by atoms with Crippen LogP contribution in [0, 0.1) is 0 Å². The fraction of sp³-hybridized carbons (Fsp3) is 0.440. The van der Waals surface area contributed by atoms with E-state index in [0.29, 0.717) is 32.8 Å². The summed E-state index contributed by atoms with van der Waals surface area (Å²) in [5.41, 5.74) is 4.25. The highest BCUT2D eigenvalue weighted by Crippen LogP contribution is 2.31. The highest BCUT2D eigenvalue weighted by atomic mass is 16.5. The van der Waals surface area contributed by atoms with Crippen molar-refractivity contribution in [3.05, 3.63) is 48.6 Å². The number of para-hydroxylation sites is 1. The van der Waals surface area contributed by atoms with E-state index in [4.69, 9.17) is 4.74 Å². The summed E-state index contributed by atoms with van der Waals surface area (Å²) in [7, 11) is 0. The van der Waals surface area contributed by atoms with Gasteiger partial charge in [-0.25, -0.2) is 15.0 Å². The number of benzene rings is 1. The van der Waals surface area contributed by atoms with Crippen molar-refractivity contribution in [3.8, 4) is 11.1 Å². The monoisotopic (exact) mass is 462 g/mol. The first kappa shape index (κ1) is 22.5. The van der Waals surface area contributed by atoms with Crippen LogP contribution in [-0.2, 0) is 9.53 Å². The number of rotatable bonds is 5. The lowest BCUT2D eigenvalue weighted by atomic mass is 10.1. The van der Waals surface area contributed by atoms with Crippen molar-refractivity contribution in [1.82, 2.24) is 14.9 Å². The molecule has 9 nitrogen and oxygen atoms in total. The molecular weight excluding hydrogens is 430 g/mol. The minimum absolute atomic E-state index is 0.176. The van der Waals surface area contributed by atoms with Crippen molar-refractivity contribution in [2.75, 3.05) is 68.8 Å². The molecule has 0 spiro atoms.